The molecule has 0 heterocycles. The van der Waals surface area contributed by atoms with E-state index >= 15 is 0 Å². The maximum absolute atomic E-state index is 6.02. The van der Waals surface area contributed by atoms with Crippen LogP contribution in [0.15, 0.2) is 24.3 Å². The van der Waals surface area contributed by atoms with Crippen LogP contribution in [0.2, 0.25) is 5.02 Å². The number of hydrogen-bond acceptors (Lipinski definition) is 2. The van der Waals surface area contributed by atoms with Crippen LogP contribution >= 0.6 is 11.6 Å². The molecule has 0 aliphatic rings. The topological polar surface area (TPSA) is 21.3 Å². The summed E-state index contributed by atoms with van der Waals surface area (Å²) in [6.07, 6.45) is 4.57. The number of rotatable bonds is 9. The van der Waals surface area contributed by atoms with E-state index in [0.29, 0.717) is 11.1 Å². The predicted octanol–water partition coefficient (Wildman–Crippen LogP) is 4.28. The van der Waals surface area contributed by atoms with Gasteiger partial charge in [-0.25, -0.2) is 0 Å². The number of benzene rings is 1. The quantitative estimate of drug-likeness (QED) is 0.676. The fourth-order valence-corrected chi connectivity index (χ4v) is 2.06. The smallest absolute Gasteiger partial charge is 0.137 e. The van der Waals surface area contributed by atoms with E-state index in [1.807, 2.05) is 24.3 Å². The standard InChI is InChI=1S/C15H24ClNO/c1-3-11-17-13(4-2)8-7-12-18-15-10-6-5-9-14(15)16/h5-6,9-10,13,17H,3-4,7-8,11-12H2,1-2H3. The van der Waals surface area contributed by atoms with E-state index < -0.39 is 0 Å². The third kappa shape index (κ3) is 5.74. The maximum Gasteiger partial charge on any atom is 0.137 e. The van der Waals surface area contributed by atoms with Crippen LogP contribution in [0.4, 0.5) is 0 Å². The summed E-state index contributed by atoms with van der Waals surface area (Å²) in [6.45, 7) is 6.25. The average Bonchev–Trinajstić information content (AvgIpc) is 2.40. The monoisotopic (exact) mass is 269 g/mol. The van der Waals surface area contributed by atoms with Gasteiger partial charge in [-0.1, -0.05) is 37.6 Å². The van der Waals surface area contributed by atoms with Crippen molar-refractivity contribution in [2.45, 2.75) is 45.6 Å². The lowest BCUT2D eigenvalue weighted by atomic mass is 10.1. The molecular formula is C15H24ClNO. The van der Waals surface area contributed by atoms with Gasteiger partial charge in [0.15, 0.2) is 0 Å². The lowest BCUT2D eigenvalue weighted by Gasteiger charge is -2.16. The van der Waals surface area contributed by atoms with Crippen LogP contribution < -0.4 is 10.1 Å². The van der Waals surface area contributed by atoms with Crippen molar-refractivity contribution >= 4 is 11.6 Å². The van der Waals surface area contributed by atoms with Gasteiger partial charge in [0.2, 0.25) is 0 Å². The fraction of sp³-hybridized carbons (Fsp3) is 0.600. The fourth-order valence-electron chi connectivity index (χ4n) is 1.87. The summed E-state index contributed by atoms with van der Waals surface area (Å²) >= 11 is 6.02. The van der Waals surface area contributed by atoms with Crippen LogP contribution in [-0.4, -0.2) is 19.2 Å². The summed E-state index contributed by atoms with van der Waals surface area (Å²) in [4.78, 5) is 0. The van der Waals surface area contributed by atoms with Gasteiger partial charge in [0, 0.05) is 6.04 Å². The zero-order valence-corrected chi connectivity index (χ0v) is 12.2. The van der Waals surface area contributed by atoms with Crippen LogP contribution in [0.25, 0.3) is 0 Å². The summed E-state index contributed by atoms with van der Waals surface area (Å²) in [5.74, 6) is 0.786. The van der Waals surface area contributed by atoms with Gasteiger partial charge in [-0.2, -0.15) is 0 Å². The van der Waals surface area contributed by atoms with Gasteiger partial charge in [-0.3, -0.25) is 0 Å². The van der Waals surface area contributed by atoms with E-state index in [4.69, 9.17) is 16.3 Å². The third-order valence-electron chi connectivity index (χ3n) is 2.97. The molecule has 1 atom stereocenters. The molecule has 0 aliphatic carbocycles. The molecule has 1 unspecified atom stereocenters. The van der Waals surface area contributed by atoms with Crippen LogP contribution in [0.1, 0.15) is 39.5 Å². The molecule has 0 fully saturated rings. The highest BCUT2D eigenvalue weighted by Gasteiger charge is 2.05. The molecule has 0 saturated heterocycles. The van der Waals surface area contributed by atoms with Crippen molar-refractivity contribution in [1.29, 1.82) is 0 Å². The first-order valence-corrected chi connectivity index (χ1v) is 7.26. The first-order valence-electron chi connectivity index (χ1n) is 6.88. The summed E-state index contributed by atoms with van der Waals surface area (Å²) in [7, 11) is 0. The molecule has 0 aromatic heterocycles. The van der Waals surface area contributed by atoms with E-state index in [1.165, 1.54) is 12.8 Å². The molecule has 0 spiro atoms. The van der Waals surface area contributed by atoms with Crippen LogP contribution in [0.5, 0.6) is 5.75 Å². The molecule has 18 heavy (non-hydrogen) atoms. The lowest BCUT2D eigenvalue weighted by Crippen LogP contribution is -2.29. The highest BCUT2D eigenvalue weighted by molar-refractivity contribution is 6.32. The van der Waals surface area contributed by atoms with Crippen molar-refractivity contribution in [3.05, 3.63) is 29.3 Å². The summed E-state index contributed by atoms with van der Waals surface area (Å²) in [5.41, 5.74) is 0. The zero-order chi connectivity index (χ0) is 13.2. The Morgan fingerprint density at radius 2 is 2.06 bits per heavy atom. The Balaban J connectivity index is 2.19. The van der Waals surface area contributed by atoms with E-state index in [1.54, 1.807) is 0 Å². The zero-order valence-electron chi connectivity index (χ0n) is 11.4. The van der Waals surface area contributed by atoms with Gasteiger partial charge < -0.3 is 10.1 Å². The van der Waals surface area contributed by atoms with Crippen LogP contribution in [0, 0.1) is 0 Å². The van der Waals surface area contributed by atoms with Gasteiger partial charge in [-0.05, 0) is 44.4 Å². The Labute approximate surface area is 116 Å². The molecule has 102 valence electrons. The van der Waals surface area contributed by atoms with E-state index in [-0.39, 0.29) is 0 Å². The van der Waals surface area contributed by atoms with Gasteiger partial charge in [-0.15, -0.1) is 0 Å². The molecule has 1 aromatic carbocycles. The Morgan fingerprint density at radius 1 is 1.28 bits per heavy atom. The number of ether oxygens (including phenoxy) is 1. The van der Waals surface area contributed by atoms with Gasteiger partial charge in [0.1, 0.15) is 5.75 Å². The Hall–Kier alpha value is -0.730. The minimum Gasteiger partial charge on any atom is -0.492 e. The van der Waals surface area contributed by atoms with E-state index in [2.05, 4.69) is 19.2 Å². The molecule has 1 rings (SSSR count). The molecule has 0 aliphatic heterocycles. The van der Waals surface area contributed by atoms with Crippen LogP contribution in [0.3, 0.4) is 0 Å². The number of hydrogen-bond donors (Lipinski definition) is 1. The van der Waals surface area contributed by atoms with Crippen LogP contribution in [-0.2, 0) is 0 Å². The van der Waals surface area contributed by atoms with Gasteiger partial charge in [0.25, 0.3) is 0 Å². The first kappa shape index (κ1) is 15.3. The van der Waals surface area contributed by atoms with Crippen molar-refractivity contribution < 1.29 is 4.74 Å². The molecule has 2 nitrogen and oxygen atoms in total. The normalized spacial score (nSPS) is 12.4. The summed E-state index contributed by atoms with van der Waals surface area (Å²) < 4.78 is 5.68. The predicted molar refractivity (Wildman–Crippen MR) is 78.6 cm³/mol. The molecule has 0 bridgehead atoms. The summed E-state index contributed by atoms with van der Waals surface area (Å²) in [6, 6.07) is 8.24. The molecule has 0 saturated carbocycles. The Kier molecular flexibility index (Phi) is 7.86. The highest BCUT2D eigenvalue weighted by Crippen LogP contribution is 2.23. The second kappa shape index (κ2) is 9.23. The molecule has 0 amide bonds. The third-order valence-corrected chi connectivity index (χ3v) is 3.28. The SMILES string of the molecule is CCCNC(CC)CCCOc1ccccc1Cl. The average molecular weight is 270 g/mol. The molecule has 0 radical (unpaired) electrons. The van der Waals surface area contributed by atoms with Crippen molar-refractivity contribution in [2.24, 2.45) is 0 Å². The summed E-state index contributed by atoms with van der Waals surface area (Å²) in [5, 5.41) is 4.24. The molecular weight excluding hydrogens is 246 g/mol. The number of para-hydroxylation sites is 1. The highest BCUT2D eigenvalue weighted by atomic mass is 35.5. The van der Waals surface area contributed by atoms with Gasteiger partial charge >= 0.3 is 0 Å². The number of halogens is 1. The maximum atomic E-state index is 6.02. The molecule has 3 heteroatoms. The van der Waals surface area contributed by atoms with E-state index in [0.717, 1.165) is 31.7 Å². The lowest BCUT2D eigenvalue weighted by molar-refractivity contribution is 0.294. The minimum absolute atomic E-state index is 0.611. The Morgan fingerprint density at radius 3 is 2.72 bits per heavy atom. The largest absolute Gasteiger partial charge is 0.492 e. The second-order valence-corrected chi connectivity index (χ2v) is 4.89. The van der Waals surface area contributed by atoms with Gasteiger partial charge in [0.05, 0.1) is 11.6 Å². The first-order chi connectivity index (χ1) is 8.77. The van der Waals surface area contributed by atoms with Crippen molar-refractivity contribution in [2.75, 3.05) is 13.2 Å². The van der Waals surface area contributed by atoms with E-state index in [9.17, 15) is 0 Å². The van der Waals surface area contributed by atoms with Crippen molar-refractivity contribution in [3.63, 3.8) is 0 Å². The minimum atomic E-state index is 0.611. The number of nitrogens with one attached hydrogen (secondary N) is 1. The molecule has 1 aromatic rings. The van der Waals surface area contributed by atoms with Crippen molar-refractivity contribution in [3.8, 4) is 5.75 Å². The van der Waals surface area contributed by atoms with Crippen molar-refractivity contribution in [1.82, 2.24) is 5.32 Å². The Bertz CT molecular complexity index is 330. The molecule has 1 N–H and O–H groups in total. The second-order valence-electron chi connectivity index (χ2n) is 4.48.